The largest absolute Gasteiger partial charge is 0.376 e. The van der Waals surface area contributed by atoms with Gasteiger partial charge in [0, 0.05) is 38.1 Å². The fourth-order valence-electron chi connectivity index (χ4n) is 3.81. The summed E-state index contributed by atoms with van der Waals surface area (Å²) >= 11 is 0. The molecular weight excluding hydrogens is 366 g/mol. The highest BCUT2D eigenvalue weighted by Crippen LogP contribution is 2.51. The predicted octanol–water partition coefficient (Wildman–Crippen LogP) is 7.75. The first-order valence-electron chi connectivity index (χ1n) is 10.8. The van der Waals surface area contributed by atoms with Gasteiger partial charge >= 0.3 is 0 Å². The van der Waals surface area contributed by atoms with E-state index >= 15 is 4.39 Å². The zero-order valence-electron chi connectivity index (χ0n) is 19.4. The van der Waals surface area contributed by atoms with Crippen LogP contribution in [0, 0.1) is 17.3 Å². The van der Waals surface area contributed by atoms with Gasteiger partial charge in [-0.2, -0.15) is 0 Å². The maximum absolute atomic E-state index is 15.0. The van der Waals surface area contributed by atoms with Crippen molar-refractivity contribution < 1.29 is 8.78 Å². The summed E-state index contributed by atoms with van der Waals surface area (Å²) in [7, 11) is 3.88. The number of nitrogens with zero attached hydrogens (tertiary/aromatic N) is 2. The van der Waals surface area contributed by atoms with E-state index in [1.165, 1.54) is 0 Å². The minimum atomic E-state index is -0.506. The Morgan fingerprint density at radius 3 is 2.38 bits per heavy atom. The average molecular weight is 405 g/mol. The first-order valence-corrected chi connectivity index (χ1v) is 10.8. The van der Waals surface area contributed by atoms with E-state index in [-0.39, 0.29) is 23.7 Å². The van der Waals surface area contributed by atoms with Gasteiger partial charge in [0.15, 0.2) is 0 Å². The second-order valence-electron chi connectivity index (χ2n) is 7.89. The molecule has 162 valence electrons. The molecule has 0 saturated carbocycles. The van der Waals surface area contributed by atoms with Crippen molar-refractivity contribution in [3.63, 3.8) is 0 Å². The van der Waals surface area contributed by atoms with E-state index < -0.39 is 11.7 Å². The molecule has 3 unspecified atom stereocenters. The van der Waals surface area contributed by atoms with Gasteiger partial charge in [-0.3, -0.25) is 4.98 Å². The number of hydrogen-bond acceptors (Lipinski definition) is 2. The average Bonchev–Trinajstić information content (AvgIpc) is 2.72. The summed E-state index contributed by atoms with van der Waals surface area (Å²) in [6.07, 6.45) is 9.07. The van der Waals surface area contributed by atoms with Gasteiger partial charge < -0.3 is 4.90 Å². The maximum atomic E-state index is 15.0. The van der Waals surface area contributed by atoms with E-state index in [4.69, 9.17) is 0 Å². The van der Waals surface area contributed by atoms with Gasteiger partial charge in [-0.15, -0.1) is 0 Å². The van der Waals surface area contributed by atoms with E-state index in [1.807, 2.05) is 45.0 Å². The van der Waals surface area contributed by atoms with Crippen molar-refractivity contribution in [2.45, 2.75) is 60.8 Å². The number of halogens is 2. The highest BCUT2D eigenvalue weighted by atomic mass is 19.1. The molecule has 0 amide bonds. The lowest BCUT2D eigenvalue weighted by molar-refractivity contribution is 0.190. The third kappa shape index (κ3) is 5.77. The molecule has 0 saturated heterocycles. The molecular formula is C25H38F2N2. The van der Waals surface area contributed by atoms with E-state index in [0.717, 1.165) is 24.6 Å². The van der Waals surface area contributed by atoms with Crippen LogP contribution < -0.4 is 4.90 Å². The number of pyridine rings is 1. The Hall–Kier alpha value is -1.97. The first-order chi connectivity index (χ1) is 13.7. The summed E-state index contributed by atoms with van der Waals surface area (Å²) in [4.78, 5) is 6.46. The summed E-state index contributed by atoms with van der Waals surface area (Å²) in [5.41, 5.74) is 1.70. The minimum Gasteiger partial charge on any atom is -0.376 e. The molecule has 0 bridgehead atoms. The van der Waals surface area contributed by atoms with Crippen LogP contribution in [-0.4, -0.2) is 19.1 Å². The van der Waals surface area contributed by atoms with Gasteiger partial charge in [0.2, 0.25) is 0 Å². The minimum absolute atomic E-state index is 0.203. The predicted molar refractivity (Wildman–Crippen MR) is 122 cm³/mol. The number of hydrogen-bond donors (Lipinski definition) is 0. The Labute approximate surface area is 176 Å². The molecule has 0 radical (unpaired) electrons. The molecule has 2 rings (SSSR count). The second kappa shape index (κ2) is 11.3. The molecule has 0 N–H and O–H groups in total. The van der Waals surface area contributed by atoms with Crippen LogP contribution in [0.4, 0.5) is 14.5 Å². The number of aromatic nitrogens is 1. The molecule has 2 nitrogen and oxygen atoms in total. The summed E-state index contributed by atoms with van der Waals surface area (Å²) in [5, 5.41) is 0. The van der Waals surface area contributed by atoms with E-state index in [9.17, 15) is 4.39 Å². The molecule has 1 heterocycles. The maximum Gasteiger partial charge on any atom is 0.131 e. The van der Waals surface area contributed by atoms with Gasteiger partial charge in [0.05, 0.1) is 17.6 Å². The topological polar surface area (TPSA) is 16.1 Å². The Morgan fingerprint density at radius 1 is 1.24 bits per heavy atom. The molecule has 0 aliphatic heterocycles. The summed E-state index contributed by atoms with van der Waals surface area (Å²) in [6, 6.07) is 3.77. The smallest absolute Gasteiger partial charge is 0.131 e. The lowest BCUT2D eigenvalue weighted by Crippen LogP contribution is -2.34. The van der Waals surface area contributed by atoms with Crippen LogP contribution in [0.5, 0.6) is 0 Å². The molecule has 1 aromatic rings. The van der Waals surface area contributed by atoms with Crippen molar-refractivity contribution in [3.05, 3.63) is 53.9 Å². The summed E-state index contributed by atoms with van der Waals surface area (Å²) in [5.74, 6) is -0.920. The van der Waals surface area contributed by atoms with Crippen molar-refractivity contribution in [1.29, 1.82) is 0 Å². The van der Waals surface area contributed by atoms with E-state index in [1.54, 1.807) is 6.20 Å². The van der Waals surface area contributed by atoms with Crippen LogP contribution in [0.25, 0.3) is 5.57 Å². The molecule has 0 aromatic carbocycles. The molecule has 0 fully saturated rings. The molecule has 1 aliphatic rings. The van der Waals surface area contributed by atoms with Crippen LogP contribution in [0.15, 0.2) is 48.2 Å². The fourth-order valence-corrected chi connectivity index (χ4v) is 3.81. The lowest BCUT2D eigenvalue weighted by Gasteiger charge is -2.42. The van der Waals surface area contributed by atoms with Crippen molar-refractivity contribution in [2.75, 3.05) is 19.0 Å². The normalized spacial score (nSPS) is 19.9. The second-order valence-corrected chi connectivity index (χ2v) is 7.89. The van der Waals surface area contributed by atoms with Gasteiger partial charge in [0.25, 0.3) is 0 Å². The zero-order valence-corrected chi connectivity index (χ0v) is 19.4. The Kier molecular flexibility index (Phi) is 9.75. The highest BCUT2D eigenvalue weighted by Gasteiger charge is 2.42. The third-order valence-electron chi connectivity index (χ3n) is 5.97. The van der Waals surface area contributed by atoms with Crippen LogP contribution in [-0.2, 0) is 0 Å². The molecule has 0 spiro atoms. The van der Waals surface area contributed by atoms with Crippen LogP contribution >= 0.6 is 0 Å². The summed E-state index contributed by atoms with van der Waals surface area (Å²) < 4.78 is 29.3. The standard InChI is InChI=1S/C23H32F2N2.C2H6/c1-7-9-12-23(4,16(3)8-2)19-13-17(24)14-20(25)22(19)21-11-10-18(15-26-21)27(5)6;1-2/h9-12,14-16,19H,7-8,13H2,1-6H3;1-2H3. The molecule has 4 heteroatoms. The first kappa shape index (κ1) is 25.1. The lowest BCUT2D eigenvalue weighted by atomic mass is 9.62. The van der Waals surface area contributed by atoms with Crippen LogP contribution in [0.2, 0.25) is 0 Å². The van der Waals surface area contributed by atoms with Crippen LogP contribution in [0.1, 0.15) is 66.5 Å². The van der Waals surface area contributed by atoms with Crippen molar-refractivity contribution in [3.8, 4) is 0 Å². The van der Waals surface area contributed by atoms with Gasteiger partial charge in [-0.05, 0) is 29.9 Å². The fraction of sp³-hybridized carbons (Fsp3) is 0.560. The zero-order chi connectivity index (χ0) is 22.2. The van der Waals surface area contributed by atoms with Crippen molar-refractivity contribution >= 4 is 11.3 Å². The van der Waals surface area contributed by atoms with Gasteiger partial charge in [-0.25, -0.2) is 8.78 Å². The number of rotatable bonds is 7. The Balaban J connectivity index is 0.00000204. The number of anilines is 1. The number of allylic oxidation sites excluding steroid dienone is 6. The Bertz CT molecular complexity index is 732. The quantitative estimate of drug-likeness (QED) is 0.432. The molecule has 29 heavy (non-hydrogen) atoms. The van der Waals surface area contributed by atoms with Gasteiger partial charge in [-0.1, -0.05) is 60.1 Å². The monoisotopic (exact) mass is 404 g/mol. The summed E-state index contributed by atoms with van der Waals surface area (Å²) in [6.45, 7) is 12.5. The van der Waals surface area contributed by atoms with Crippen molar-refractivity contribution in [2.24, 2.45) is 17.3 Å². The highest BCUT2D eigenvalue weighted by molar-refractivity contribution is 5.72. The van der Waals surface area contributed by atoms with Crippen molar-refractivity contribution in [1.82, 2.24) is 4.98 Å². The Morgan fingerprint density at radius 2 is 1.90 bits per heavy atom. The van der Waals surface area contributed by atoms with E-state index in [0.29, 0.717) is 11.3 Å². The SMILES string of the molecule is CC.CCC=CC(C)(C(C)CC)C1CC(F)=CC(F)=C1c1ccc(N(C)C)cn1. The molecule has 3 atom stereocenters. The molecule has 1 aliphatic carbocycles. The molecule has 1 aromatic heterocycles. The third-order valence-corrected chi connectivity index (χ3v) is 5.97. The van der Waals surface area contributed by atoms with Gasteiger partial charge in [0.1, 0.15) is 11.7 Å². The van der Waals surface area contributed by atoms with Crippen LogP contribution in [0.3, 0.4) is 0 Å². The van der Waals surface area contributed by atoms with E-state index in [2.05, 4.69) is 44.8 Å².